The lowest BCUT2D eigenvalue weighted by atomic mass is 10.1. The van der Waals surface area contributed by atoms with Crippen molar-refractivity contribution >= 4 is 16.9 Å². The largest absolute Gasteiger partial charge is 0.376 e. The van der Waals surface area contributed by atoms with Crippen LogP contribution in [0.2, 0.25) is 0 Å². The third-order valence-corrected chi connectivity index (χ3v) is 6.51. The minimum absolute atomic E-state index is 0.304. The third kappa shape index (κ3) is 5.80. The first-order valence-electron chi connectivity index (χ1n) is 12.1. The summed E-state index contributed by atoms with van der Waals surface area (Å²) < 4.78 is 12.0. The Bertz CT molecular complexity index is 848. The summed E-state index contributed by atoms with van der Waals surface area (Å²) in [5.74, 6) is 1.04. The van der Waals surface area contributed by atoms with E-state index in [0.29, 0.717) is 12.2 Å². The number of hydrogen-bond donors (Lipinski definition) is 2. The molecule has 0 saturated carbocycles. The Balaban J connectivity index is 1.27. The van der Waals surface area contributed by atoms with Crippen molar-refractivity contribution in [3.63, 3.8) is 0 Å². The number of aromatic amines is 1. The highest BCUT2D eigenvalue weighted by molar-refractivity contribution is 5.86. The first kappa shape index (κ1) is 22.2. The summed E-state index contributed by atoms with van der Waals surface area (Å²) in [5, 5.41) is 4.84. The number of fused-ring (bicyclic) bond motifs is 1. The molecule has 2 fully saturated rings. The molecule has 3 heterocycles. The standard InChI is InChI=1S/C25H38N4O2/c1-3-26-25(27-13-10-20-17-28-23-9-6-7-19(2)24(20)23)29-14-11-21(12-15-29)31-18-22-8-4-5-16-30-22/h6-7,9,17,21-22,28H,3-5,8,10-16,18H2,1-2H3,(H,26,27). The second-order valence-electron chi connectivity index (χ2n) is 8.81. The van der Waals surface area contributed by atoms with Gasteiger partial charge in [0.2, 0.25) is 0 Å². The number of nitrogens with zero attached hydrogens (tertiary/aromatic N) is 2. The lowest BCUT2D eigenvalue weighted by molar-refractivity contribution is -0.0721. The van der Waals surface area contributed by atoms with Gasteiger partial charge in [-0.25, -0.2) is 0 Å². The fourth-order valence-corrected chi connectivity index (χ4v) is 4.77. The molecular weight excluding hydrogens is 388 g/mol. The fraction of sp³-hybridized carbons (Fsp3) is 0.640. The molecule has 0 bridgehead atoms. The van der Waals surface area contributed by atoms with Gasteiger partial charge in [0.05, 0.1) is 18.8 Å². The van der Waals surface area contributed by atoms with E-state index in [-0.39, 0.29) is 0 Å². The second kappa shape index (κ2) is 11.0. The van der Waals surface area contributed by atoms with E-state index in [1.807, 2.05) is 0 Å². The number of ether oxygens (including phenoxy) is 2. The Hall–Kier alpha value is -2.05. The zero-order valence-corrected chi connectivity index (χ0v) is 19.2. The molecule has 1 aromatic carbocycles. The molecule has 2 aliphatic heterocycles. The average molecular weight is 427 g/mol. The van der Waals surface area contributed by atoms with Gasteiger partial charge in [-0.2, -0.15) is 0 Å². The summed E-state index contributed by atoms with van der Waals surface area (Å²) in [5.41, 5.74) is 3.89. The Morgan fingerprint density at radius 2 is 2.13 bits per heavy atom. The van der Waals surface area contributed by atoms with Crippen molar-refractivity contribution in [2.75, 3.05) is 39.4 Å². The van der Waals surface area contributed by atoms with Crippen molar-refractivity contribution in [2.45, 2.75) is 64.6 Å². The molecule has 0 spiro atoms. The monoisotopic (exact) mass is 426 g/mol. The molecule has 1 atom stereocenters. The lowest BCUT2D eigenvalue weighted by Crippen LogP contribution is -2.47. The summed E-state index contributed by atoms with van der Waals surface area (Å²) in [6.07, 6.45) is 9.45. The Morgan fingerprint density at radius 3 is 2.90 bits per heavy atom. The molecule has 4 rings (SSSR count). The number of nitrogens with one attached hydrogen (secondary N) is 2. The first-order valence-corrected chi connectivity index (χ1v) is 12.1. The van der Waals surface area contributed by atoms with Crippen LogP contribution in [0.4, 0.5) is 0 Å². The average Bonchev–Trinajstić information content (AvgIpc) is 3.23. The Morgan fingerprint density at radius 1 is 1.26 bits per heavy atom. The van der Waals surface area contributed by atoms with E-state index < -0.39 is 0 Å². The molecule has 6 heteroatoms. The van der Waals surface area contributed by atoms with E-state index in [2.05, 4.69) is 53.4 Å². The number of hydrogen-bond acceptors (Lipinski definition) is 3. The summed E-state index contributed by atoms with van der Waals surface area (Å²) in [7, 11) is 0. The predicted molar refractivity (Wildman–Crippen MR) is 127 cm³/mol. The van der Waals surface area contributed by atoms with Crippen LogP contribution in [0.15, 0.2) is 29.4 Å². The number of benzene rings is 1. The maximum absolute atomic E-state index is 6.18. The van der Waals surface area contributed by atoms with Gasteiger partial charge in [-0.3, -0.25) is 4.99 Å². The van der Waals surface area contributed by atoms with E-state index in [0.717, 1.165) is 71.0 Å². The number of aliphatic imine (C=N–C) groups is 1. The van der Waals surface area contributed by atoms with Crippen molar-refractivity contribution < 1.29 is 9.47 Å². The van der Waals surface area contributed by atoms with Gasteiger partial charge in [-0.15, -0.1) is 0 Å². The molecule has 0 amide bonds. The molecule has 2 N–H and O–H groups in total. The van der Waals surface area contributed by atoms with Crippen molar-refractivity contribution in [1.29, 1.82) is 0 Å². The van der Waals surface area contributed by atoms with Gasteiger partial charge in [0, 0.05) is 49.9 Å². The van der Waals surface area contributed by atoms with Crippen LogP contribution >= 0.6 is 0 Å². The van der Waals surface area contributed by atoms with E-state index >= 15 is 0 Å². The van der Waals surface area contributed by atoms with Crippen LogP contribution in [-0.2, 0) is 15.9 Å². The zero-order chi connectivity index (χ0) is 21.5. The highest BCUT2D eigenvalue weighted by Crippen LogP contribution is 2.22. The number of rotatable bonds is 7. The van der Waals surface area contributed by atoms with Crippen LogP contribution in [0.5, 0.6) is 0 Å². The first-order chi connectivity index (χ1) is 15.2. The molecule has 2 saturated heterocycles. The Labute approximate surface area is 186 Å². The lowest BCUT2D eigenvalue weighted by Gasteiger charge is -2.35. The van der Waals surface area contributed by atoms with Gasteiger partial charge in [0.1, 0.15) is 0 Å². The van der Waals surface area contributed by atoms with E-state index in [4.69, 9.17) is 14.5 Å². The third-order valence-electron chi connectivity index (χ3n) is 6.51. The van der Waals surface area contributed by atoms with Crippen LogP contribution in [0.1, 0.15) is 50.2 Å². The quantitative estimate of drug-likeness (QED) is 0.518. The number of aryl methyl sites for hydroxylation is 1. The Kier molecular flexibility index (Phi) is 7.86. The van der Waals surface area contributed by atoms with E-state index in [1.165, 1.54) is 34.9 Å². The maximum atomic E-state index is 6.18. The molecule has 31 heavy (non-hydrogen) atoms. The number of piperidine rings is 1. The maximum Gasteiger partial charge on any atom is 0.193 e. The summed E-state index contributed by atoms with van der Waals surface area (Å²) >= 11 is 0. The van der Waals surface area contributed by atoms with Gasteiger partial charge in [0.25, 0.3) is 0 Å². The van der Waals surface area contributed by atoms with Crippen LogP contribution in [0.25, 0.3) is 10.9 Å². The molecule has 1 aromatic heterocycles. The number of aromatic nitrogens is 1. The summed E-state index contributed by atoms with van der Waals surface area (Å²) in [4.78, 5) is 10.7. The van der Waals surface area contributed by atoms with Gasteiger partial charge < -0.3 is 24.7 Å². The fourth-order valence-electron chi connectivity index (χ4n) is 4.77. The topological polar surface area (TPSA) is 61.9 Å². The van der Waals surface area contributed by atoms with Crippen LogP contribution in [0, 0.1) is 6.92 Å². The summed E-state index contributed by atoms with van der Waals surface area (Å²) in [6.45, 7) is 9.64. The summed E-state index contributed by atoms with van der Waals surface area (Å²) in [6, 6.07) is 6.43. The SMILES string of the molecule is CCNC(=NCCc1c[nH]c2cccc(C)c12)N1CCC(OCC2CCCCO2)CC1. The number of H-pyrrole nitrogens is 1. The zero-order valence-electron chi connectivity index (χ0n) is 19.2. The number of guanidine groups is 1. The molecule has 170 valence electrons. The smallest absolute Gasteiger partial charge is 0.193 e. The highest BCUT2D eigenvalue weighted by atomic mass is 16.5. The van der Waals surface area contributed by atoms with Crippen LogP contribution in [-0.4, -0.2) is 67.4 Å². The molecule has 1 unspecified atom stereocenters. The van der Waals surface area contributed by atoms with Crippen LogP contribution in [0.3, 0.4) is 0 Å². The van der Waals surface area contributed by atoms with Crippen molar-refractivity contribution in [2.24, 2.45) is 4.99 Å². The number of likely N-dealkylation sites (tertiary alicyclic amines) is 1. The van der Waals surface area contributed by atoms with Crippen LogP contribution < -0.4 is 5.32 Å². The van der Waals surface area contributed by atoms with Gasteiger partial charge in [-0.05, 0) is 69.6 Å². The minimum atomic E-state index is 0.304. The molecule has 2 aliphatic rings. The normalized spacial score (nSPS) is 21.0. The van der Waals surface area contributed by atoms with Crippen molar-refractivity contribution in [3.8, 4) is 0 Å². The van der Waals surface area contributed by atoms with Crippen molar-refractivity contribution in [1.82, 2.24) is 15.2 Å². The predicted octanol–water partition coefficient (Wildman–Crippen LogP) is 4.03. The van der Waals surface area contributed by atoms with E-state index in [9.17, 15) is 0 Å². The van der Waals surface area contributed by atoms with Gasteiger partial charge in [0.15, 0.2) is 5.96 Å². The molecular formula is C25H38N4O2. The second-order valence-corrected chi connectivity index (χ2v) is 8.81. The molecule has 0 radical (unpaired) electrons. The van der Waals surface area contributed by atoms with Crippen molar-refractivity contribution in [3.05, 3.63) is 35.5 Å². The van der Waals surface area contributed by atoms with E-state index in [1.54, 1.807) is 0 Å². The van der Waals surface area contributed by atoms with Gasteiger partial charge >= 0.3 is 0 Å². The molecule has 6 nitrogen and oxygen atoms in total. The highest BCUT2D eigenvalue weighted by Gasteiger charge is 2.23. The molecule has 0 aliphatic carbocycles. The van der Waals surface area contributed by atoms with Gasteiger partial charge in [-0.1, -0.05) is 12.1 Å². The minimum Gasteiger partial charge on any atom is -0.376 e. The molecule has 2 aromatic rings.